The molecule has 1 atom stereocenters. The van der Waals surface area contributed by atoms with E-state index in [1.165, 1.54) is 225 Å². The maximum atomic E-state index is 13.0. The highest BCUT2D eigenvalue weighted by Gasteiger charge is 2.19. The molecule has 0 fully saturated rings. The van der Waals surface area contributed by atoms with Crippen molar-refractivity contribution in [3.63, 3.8) is 0 Å². The van der Waals surface area contributed by atoms with Crippen LogP contribution in [0.2, 0.25) is 0 Å². The van der Waals surface area contributed by atoms with Crippen molar-refractivity contribution in [1.29, 1.82) is 0 Å². The first-order valence-corrected chi connectivity index (χ1v) is 36.1. The van der Waals surface area contributed by atoms with Gasteiger partial charge in [0.2, 0.25) is 0 Å². The summed E-state index contributed by atoms with van der Waals surface area (Å²) in [5.41, 5.74) is 0. The Morgan fingerprint density at radius 2 is 0.470 bits per heavy atom. The topological polar surface area (TPSA) is 78.9 Å². The molecule has 1 unspecified atom stereocenters. The molecule has 0 aliphatic heterocycles. The van der Waals surface area contributed by atoms with E-state index in [-0.39, 0.29) is 31.1 Å². The molecule has 0 saturated carbocycles. The molecule has 6 heteroatoms. The van der Waals surface area contributed by atoms with E-state index < -0.39 is 6.10 Å². The summed E-state index contributed by atoms with van der Waals surface area (Å²) in [5, 5.41) is 0. The van der Waals surface area contributed by atoms with Gasteiger partial charge in [0.05, 0.1) is 0 Å². The van der Waals surface area contributed by atoms with Crippen LogP contribution in [0.25, 0.3) is 0 Å². The molecule has 0 aromatic carbocycles. The second-order valence-electron chi connectivity index (χ2n) is 24.1. The van der Waals surface area contributed by atoms with Gasteiger partial charge in [-0.15, -0.1) is 0 Å². The molecule has 0 bridgehead atoms. The standard InChI is InChI=1S/C77H136O6/c1-4-7-10-13-16-19-22-24-26-28-30-32-34-36-38-40-42-44-46-48-50-52-55-58-61-64-67-70-76(79)82-73-74(72-81-75(78)69-66-63-60-57-54-21-18-15-12-9-6-3)83-77(80)71-68-65-62-59-56-53-51-49-47-45-43-41-39-37-35-33-31-29-27-25-23-20-17-14-11-8-5-2/h7,10,16,19,24,26,29-32,36,38,42,44,74H,4-6,8-9,11-15,17-18,20-23,25,27-28,33-35,37,39-41,43,45-73H2,1-3H3/b10-7-,19-16-,26-24-,31-29-,32-30-,38-36-,44-42-. The Labute approximate surface area is 515 Å². The van der Waals surface area contributed by atoms with Crippen LogP contribution < -0.4 is 0 Å². The lowest BCUT2D eigenvalue weighted by Gasteiger charge is -2.18. The number of carbonyl (C=O) groups is 3. The zero-order chi connectivity index (χ0) is 59.9. The highest BCUT2D eigenvalue weighted by Crippen LogP contribution is 2.18. The van der Waals surface area contributed by atoms with Gasteiger partial charge in [-0.3, -0.25) is 14.4 Å². The van der Waals surface area contributed by atoms with Gasteiger partial charge in [-0.1, -0.05) is 337 Å². The fourth-order valence-electron chi connectivity index (χ4n) is 10.5. The van der Waals surface area contributed by atoms with Crippen molar-refractivity contribution < 1.29 is 28.6 Å². The molecule has 0 spiro atoms. The zero-order valence-electron chi connectivity index (χ0n) is 55.2. The smallest absolute Gasteiger partial charge is 0.306 e. The summed E-state index contributed by atoms with van der Waals surface area (Å²) in [6.45, 7) is 6.56. The molecule has 0 amide bonds. The summed E-state index contributed by atoms with van der Waals surface area (Å²) >= 11 is 0. The molecule has 0 rings (SSSR count). The molecular weight excluding hydrogens is 1020 g/mol. The Morgan fingerprint density at radius 3 is 0.747 bits per heavy atom. The van der Waals surface area contributed by atoms with Crippen molar-refractivity contribution >= 4 is 17.9 Å². The van der Waals surface area contributed by atoms with Crippen molar-refractivity contribution in [2.75, 3.05) is 13.2 Å². The predicted octanol–water partition coefficient (Wildman–Crippen LogP) is 25.0. The van der Waals surface area contributed by atoms with Gasteiger partial charge in [0.1, 0.15) is 13.2 Å². The molecule has 0 aliphatic carbocycles. The molecule has 83 heavy (non-hydrogen) atoms. The number of esters is 3. The van der Waals surface area contributed by atoms with Crippen molar-refractivity contribution in [2.24, 2.45) is 0 Å². The summed E-state index contributed by atoms with van der Waals surface area (Å²) < 4.78 is 17.0. The van der Waals surface area contributed by atoms with Crippen molar-refractivity contribution in [2.45, 2.75) is 374 Å². The van der Waals surface area contributed by atoms with E-state index in [0.29, 0.717) is 19.3 Å². The Bertz CT molecular complexity index is 1570. The minimum Gasteiger partial charge on any atom is -0.462 e. The summed E-state index contributed by atoms with van der Waals surface area (Å²) in [7, 11) is 0. The third-order valence-electron chi connectivity index (χ3n) is 15.9. The van der Waals surface area contributed by atoms with E-state index in [4.69, 9.17) is 14.2 Å². The SMILES string of the molecule is CC/C=C\C/C=C\C/C=C\C/C=C\C/C=C\C/C=C\CCCCCCCCCCC(=O)OCC(COC(=O)CCCCCCCCCCCCC)OC(=O)CCCCCCCCCCCCCCCCC/C=C\CCCCCCCCCC. The van der Waals surface area contributed by atoms with E-state index in [1.54, 1.807) is 0 Å². The van der Waals surface area contributed by atoms with Crippen LogP contribution in [0.15, 0.2) is 85.1 Å². The highest BCUT2D eigenvalue weighted by molar-refractivity contribution is 5.71. The summed E-state index contributed by atoms with van der Waals surface area (Å²) in [5.74, 6) is -0.864. The zero-order valence-corrected chi connectivity index (χ0v) is 55.2. The Balaban J connectivity index is 4.22. The van der Waals surface area contributed by atoms with Crippen LogP contribution in [0.5, 0.6) is 0 Å². The maximum absolute atomic E-state index is 13.0. The normalized spacial score (nSPS) is 12.6. The molecule has 480 valence electrons. The molecule has 0 radical (unpaired) electrons. The summed E-state index contributed by atoms with van der Waals surface area (Å²) in [6, 6.07) is 0. The van der Waals surface area contributed by atoms with Gasteiger partial charge in [0.15, 0.2) is 6.10 Å². The molecule has 0 heterocycles. The van der Waals surface area contributed by atoms with Crippen LogP contribution in [0, 0.1) is 0 Å². The fraction of sp³-hybridized carbons (Fsp3) is 0.779. The number of allylic oxidation sites excluding steroid dienone is 14. The molecule has 0 aromatic rings. The van der Waals surface area contributed by atoms with Crippen LogP contribution in [0.3, 0.4) is 0 Å². The second-order valence-corrected chi connectivity index (χ2v) is 24.1. The van der Waals surface area contributed by atoms with Gasteiger partial charge in [0, 0.05) is 19.3 Å². The first kappa shape index (κ1) is 79.6. The lowest BCUT2D eigenvalue weighted by molar-refractivity contribution is -0.167. The van der Waals surface area contributed by atoms with E-state index in [0.717, 1.165) is 103 Å². The van der Waals surface area contributed by atoms with E-state index >= 15 is 0 Å². The first-order valence-electron chi connectivity index (χ1n) is 36.1. The number of rotatable bonds is 66. The monoisotopic (exact) mass is 1160 g/mol. The largest absolute Gasteiger partial charge is 0.462 e. The van der Waals surface area contributed by atoms with Gasteiger partial charge in [-0.25, -0.2) is 0 Å². The van der Waals surface area contributed by atoms with Crippen LogP contribution in [0.4, 0.5) is 0 Å². The minimum atomic E-state index is -0.779. The average molecular weight is 1160 g/mol. The van der Waals surface area contributed by atoms with E-state index in [1.807, 2.05) is 0 Å². The van der Waals surface area contributed by atoms with Crippen LogP contribution in [-0.2, 0) is 28.6 Å². The predicted molar refractivity (Wildman–Crippen MR) is 362 cm³/mol. The fourth-order valence-corrected chi connectivity index (χ4v) is 10.5. The quantitative estimate of drug-likeness (QED) is 0.0261. The molecule has 0 aliphatic rings. The van der Waals surface area contributed by atoms with Gasteiger partial charge in [-0.2, -0.15) is 0 Å². The molecule has 0 N–H and O–H groups in total. The van der Waals surface area contributed by atoms with Crippen LogP contribution >= 0.6 is 0 Å². The molecule has 6 nitrogen and oxygen atoms in total. The Kier molecular flexibility index (Phi) is 68.2. The molecule has 0 aromatic heterocycles. The van der Waals surface area contributed by atoms with Crippen molar-refractivity contribution in [3.8, 4) is 0 Å². The lowest BCUT2D eigenvalue weighted by atomic mass is 10.0. The number of unbranched alkanes of at least 4 members (excludes halogenated alkanes) is 41. The first-order chi connectivity index (χ1) is 41.0. The van der Waals surface area contributed by atoms with Gasteiger partial charge in [0.25, 0.3) is 0 Å². The summed E-state index contributed by atoms with van der Waals surface area (Å²) in [6.07, 6.45) is 94.8. The average Bonchev–Trinajstić information content (AvgIpc) is 3.48. The highest BCUT2D eigenvalue weighted by atomic mass is 16.6. The third kappa shape index (κ3) is 69.3. The van der Waals surface area contributed by atoms with Crippen molar-refractivity contribution in [3.05, 3.63) is 85.1 Å². The van der Waals surface area contributed by atoms with E-state index in [2.05, 4.69) is 106 Å². The number of ether oxygens (including phenoxy) is 3. The number of carbonyl (C=O) groups excluding carboxylic acids is 3. The minimum absolute atomic E-state index is 0.0746. The van der Waals surface area contributed by atoms with Crippen LogP contribution in [-0.4, -0.2) is 37.2 Å². The van der Waals surface area contributed by atoms with Gasteiger partial charge < -0.3 is 14.2 Å². The third-order valence-corrected chi connectivity index (χ3v) is 15.9. The van der Waals surface area contributed by atoms with Gasteiger partial charge in [-0.05, 0) is 96.3 Å². The summed E-state index contributed by atoms with van der Waals surface area (Å²) in [4.78, 5) is 38.4. The van der Waals surface area contributed by atoms with Crippen molar-refractivity contribution in [1.82, 2.24) is 0 Å². The Hall–Kier alpha value is -3.41. The Morgan fingerprint density at radius 1 is 0.253 bits per heavy atom. The van der Waals surface area contributed by atoms with Crippen LogP contribution in [0.1, 0.15) is 367 Å². The second kappa shape index (κ2) is 71.1. The molecule has 0 saturated heterocycles. The number of hydrogen-bond donors (Lipinski definition) is 0. The molecular formula is C77H136O6. The van der Waals surface area contributed by atoms with E-state index in [9.17, 15) is 14.4 Å². The lowest BCUT2D eigenvalue weighted by Crippen LogP contribution is -2.30. The maximum Gasteiger partial charge on any atom is 0.306 e. The number of hydrogen-bond acceptors (Lipinski definition) is 6. The van der Waals surface area contributed by atoms with Gasteiger partial charge >= 0.3 is 17.9 Å².